The highest BCUT2D eigenvalue weighted by Crippen LogP contribution is 2.36. The van der Waals surface area contributed by atoms with Crippen molar-refractivity contribution in [1.29, 1.82) is 0 Å². The topological polar surface area (TPSA) is 143 Å². The van der Waals surface area contributed by atoms with E-state index in [1.165, 1.54) is 17.7 Å². The minimum Gasteiger partial charge on any atom is -0.486 e. The number of hydrogen-bond acceptors (Lipinski definition) is 8. The summed E-state index contributed by atoms with van der Waals surface area (Å²) < 4.78 is 30.9. The van der Waals surface area contributed by atoms with E-state index in [1.54, 1.807) is 0 Å². The van der Waals surface area contributed by atoms with Crippen molar-refractivity contribution in [3.63, 3.8) is 0 Å². The Balaban J connectivity index is 1.88. The van der Waals surface area contributed by atoms with Crippen molar-refractivity contribution in [1.82, 2.24) is 14.8 Å². The van der Waals surface area contributed by atoms with Crippen molar-refractivity contribution in [2.75, 3.05) is 0 Å². The van der Waals surface area contributed by atoms with Crippen LogP contribution in [0.1, 0.15) is 32.2 Å². The van der Waals surface area contributed by atoms with Crippen molar-refractivity contribution in [3.8, 4) is 5.75 Å². The Hall–Kier alpha value is -2.96. The van der Waals surface area contributed by atoms with Crippen molar-refractivity contribution in [2.24, 2.45) is 11.1 Å². The van der Waals surface area contributed by atoms with Gasteiger partial charge in [0.15, 0.2) is 11.0 Å². The van der Waals surface area contributed by atoms with E-state index in [2.05, 4.69) is 17.1 Å². The van der Waals surface area contributed by atoms with E-state index in [0.29, 0.717) is 23.3 Å². The first-order valence-corrected chi connectivity index (χ1v) is 12.6. The highest BCUT2D eigenvalue weighted by atomic mass is 32.2. The predicted octanol–water partition coefficient (Wildman–Crippen LogP) is 3.78. The summed E-state index contributed by atoms with van der Waals surface area (Å²) in [6.45, 7) is 6.90. The highest BCUT2D eigenvalue weighted by molar-refractivity contribution is 7.99. The number of nitro benzene ring substituents is 1. The van der Waals surface area contributed by atoms with Crippen molar-refractivity contribution in [2.45, 2.75) is 55.3 Å². The molecule has 0 spiro atoms. The summed E-state index contributed by atoms with van der Waals surface area (Å²) in [5.74, 6) is 1.53. The van der Waals surface area contributed by atoms with Crippen LogP contribution in [-0.4, -0.2) is 28.1 Å². The Bertz CT molecular complexity index is 1240. The van der Waals surface area contributed by atoms with Crippen LogP contribution in [0.15, 0.2) is 57.4 Å². The molecule has 10 nitrogen and oxygen atoms in total. The van der Waals surface area contributed by atoms with Crippen LogP contribution in [0.2, 0.25) is 0 Å². The lowest BCUT2D eigenvalue weighted by molar-refractivity contribution is -0.388. The molecule has 0 radical (unpaired) electrons. The number of primary sulfonamides is 1. The maximum absolute atomic E-state index is 11.6. The van der Waals surface area contributed by atoms with Gasteiger partial charge in [0.05, 0.1) is 14.7 Å². The number of rotatable bonds is 10. The molecule has 176 valence electrons. The summed E-state index contributed by atoms with van der Waals surface area (Å²) in [4.78, 5) is 10.8. The fourth-order valence-electron chi connectivity index (χ4n) is 3.02. The second-order valence-corrected chi connectivity index (χ2v) is 10.3. The lowest BCUT2D eigenvalue weighted by Gasteiger charge is -2.13. The molecule has 2 aromatic carbocycles. The summed E-state index contributed by atoms with van der Waals surface area (Å²) in [5.41, 5.74) is 0.832. The van der Waals surface area contributed by atoms with Gasteiger partial charge >= 0.3 is 0 Å². The zero-order chi connectivity index (χ0) is 24.2. The molecule has 0 aliphatic heterocycles. The van der Waals surface area contributed by atoms with E-state index in [9.17, 15) is 18.5 Å². The fourth-order valence-corrected chi connectivity index (χ4v) is 4.50. The zero-order valence-electron chi connectivity index (χ0n) is 18.5. The van der Waals surface area contributed by atoms with Gasteiger partial charge < -0.3 is 9.30 Å². The summed E-state index contributed by atoms with van der Waals surface area (Å²) in [6.07, 6.45) is 0.938. The van der Waals surface area contributed by atoms with Crippen LogP contribution in [0.25, 0.3) is 0 Å². The Morgan fingerprint density at radius 3 is 2.45 bits per heavy atom. The van der Waals surface area contributed by atoms with Crippen LogP contribution in [0, 0.1) is 16.0 Å². The first kappa shape index (κ1) is 24.7. The zero-order valence-corrected chi connectivity index (χ0v) is 20.1. The largest absolute Gasteiger partial charge is 0.486 e. The molecule has 0 fully saturated rings. The molecule has 2 N–H and O–H groups in total. The minimum absolute atomic E-state index is 0.179. The van der Waals surface area contributed by atoms with E-state index in [4.69, 9.17) is 9.88 Å². The highest BCUT2D eigenvalue weighted by Gasteiger charge is 2.23. The molecular weight excluding hydrogens is 466 g/mol. The van der Waals surface area contributed by atoms with Gasteiger partial charge in [-0.25, -0.2) is 13.6 Å². The van der Waals surface area contributed by atoms with Gasteiger partial charge in [-0.3, -0.25) is 10.1 Å². The fraction of sp³-hybridized carbons (Fsp3) is 0.333. The monoisotopic (exact) mass is 491 g/mol. The number of aromatic nitrogens is 3. The summed E-state index contributed by atoms with van der Waals surface area (Å²) >= 11 is 1.03. The molecule has 0 saturated carbocycles. The summed E-state index contributed by atoms with van der Waals surface area (Å²) in [6, 6.07) is 11.3. The van der Waals surface area contributed by atoms with E-state index in [1.807, 2.05) is 42.7 Å². The lowest BCUT2D eigenvalue weighted by Crippen LogP contribution is -2.13. The van der Waals surface area contributed by atoms with Crippen LogP contribution in [0.5, 0.6) is 5.75 Å². The standard InChI is InChI=1S/C21H25N5O5S2/c1-4-15-5-7-16(8-6-15)31-13-20-23-24-21(25(20)12-14(2)3)32-19-10-9-17(33(22,29)30)11-18(19)26(27)28/h5-11,14H,4,12-13H2,1-3H3,(H2,22,29,30). The molecule has 1 aromatic heterocycles. The third-order valence-corrected chi connectivity index (χ3v) is 6.66. The summed E-state index contributed by atoms with van der Waals surface area (Å²) in [5, 5.41) is 25.5. The Kier molecular flexibility index (Phi) is 7.72. The number of benzene rings is 2. The second-order valence-electron chi connectivity index (χ2n) is 7.72. The first-order valence-electron chi connectivity index (χ1n) is 10.2. The molecule has 3 rings (SSSR count). The SMILES string of the molecule is CCc1ccc(OCc2nnc(Sc3ccc(S(N)(=O)=O)cc3[N+](=O)[O-])n2CC(C)C)cc1. The number of ether oxygens (including phenoxy) is 1. The smallest absolute Gasteiger partial charge is 0.284 e. The quantitative estimate of drug-likeness (QED) is 0.333. The molecule has 33 heavy (non-hydrogen) atoms. The van der Waals surface area contributed by atoms with Crippen molar-refractivity contribution >= 4 is 27.5 Å². The number of sulfonamides is 1. The van der Waals surface area contributed by atoms with E-state index < -0.39 is 14.9 Å². The molecule has 0 atom stereocenters. The average Bonchev–Trinajstić information content (AvgIpc) is 3.12. The Morgan fingerprint density at radius 2 is 1.88 bits per heavy atom. The third-order valence-electron chi connectivity index (χ3n) is 4.70. The minimum atomic E-state index is -4.07. The van der Waals surface area contributed by atoms with Gasteiger partial charge in [0.1, 0.15) is 12.4 Å². The molecule has 0 unspecified atom stereocenters. The molecule has 0 saturated heterocycles. The average molecular weight is 492 g/mol. The van der Waals surface area contributed by atoms with Crippen molar-refractivity contribution < 1.29 is 18.1 Å². The van der Waals surface area contributed by atoms with Crippen LogP contribution in [-0.2, 0) is 29.6 Å². The maximum atomic E-state index is 11.6. The van der Waals surface area contributed by atoms with Gasteiger partial charge in [0, 0.05) is 12.6 Å². The van der Waals surface area contributed by atoms with E-state index >= 15 is 0 Å². The molecule has 0 bridgehead atoms. The van der Waals surface area contributed by atoms with Crippen LogP contribution >= 0.6 is 11.8 Å². The molecule has 1 heterocycles. The van der Waals surface area contributed by atoms with Crippen molar-refractivity contribution in [3.05, 3.63) is 64.0 Å². The lowest BCUT2D eigenvalue weighted by atomic mass is 10.2. The van der Waals surface area contributed by atoms with Crippen LogP contribution in [0.3, 0.4) is 0 Å². The molecule has 0 aliphatic rings. The normalized spacial score (nSPS) is 11.7. The molecule has 3 aromatic rings. The molecule has 0 amide bonds. The second kappa shape index (κ2) is 10.3. The van der Waals surface area contributed by atoms with Gasteiger partial charge in [-0.15, -0.1) is 10.2 Å². The molecular formula is C21H25N5O5S2. The number of nitro groups is 1. The first-order chi connectivity index (χ1) is 15.6. The number of hydrogen-bond donors (Lipinski definition) is 1. The van der Waals surface area contributed by atoms with Gasteiger partial charge in [-0.1, -0.05) is 32.9 Å². The molecule has 12 heteroatoms. The maximum Gasteiger partial charge on any atom is 0.284 e. The van der Waals surface area contributed by atoms with Gasteiger partial charge in [-0.2, -0.15) is 0 Å². The summed E-state index contributed by atoms with van der Waals surface area (Å²) in [7, 11) is -4.07. The van der Waals surface area contributed by atoms with E-state index in [-0.39, 0.29) is 28.0 Å². The number of aryl methyl sites for hydroxylation is 1. The van der Waals surface area contributed by atoms with Gasteiger partial charge in [-0.05, 0) is 53.9 Å². The van der Waals surface area contributed by atoms with Crippen LogP contribution in [0.4, 0.5) is 5.69 Å². The van der Waals surface area contributed by atoms with Crippen LogP contribution < -0.4 is 9.88 Å². The number of nitrogens with two attached hydrogens (primary N) is 1. The Morgan fingerprint density at radius 1 is 1.18 bits per heavy atom. The van der Waals surface area contributed by atoms with Gasteiger partial charge in [0.2, 0.25) is 10.0 Å². The number of nitrogens with zero attached hydrogens (tertiary/aromatic N) is 4. The predicted molar refractivity (Wildman–Crippen MR) is 124 cm³/mol. The third kappa shape index (κ3) is 6.30. The van der Waals surface area contributed by atoms with Gasteiger partial charge in [0.25, 0.3) is 5.69 Å². The Labute approximate surface area is 196 Å². The van der Waals surface area contributed by atoms with E-state index in [0.717, 1.165) is 24.2 Å². The molecule has 0 aliphatic carbocycles.